The zero-order valence-electron chi connectivity index (χ0n) is 13.5. The van der Waals surface area contributed by atoms with Gasteiger partial charge >= 0.3 is 0 Å². The SMILES string of the molecule is O=C(NC(=S)Nc1ccc(N2CCOCC2)cc1)c1ccccc1Br. The van der Waals surface area contributed by atoms with Gasteiger partial charge in [0.25, 0.3) is 5.91 Å². The van der Waals surface area contributed by atoms with Gasteiger partial charge in [-0.05, 0) is 64.5 Å². The van der Waals surface area contributed by atoms with Gasteiger partial charge in [-0.25, -0.2) is 0 Å². The zero-order chi connectivity index (χ0) is 17.6. The number of nitrogens with zero attached hydrogens (tertiary/aromatic N) is 1. The van der Waals surface area contributed by atoms with Gasteiger partial charge in [0.2, 0.25) is 0 Å². The van der Waals surface area contributed by atoms with Gasteiger partial charge < -0.3 is 15.0 Å². The highest BCUT2D eigenvalue weighted by atomic mass is 79.9. The normalized spacial score (nSPS) is 14.0. The molecule has 1 heterocycles. The van der Waals surface area contributed by atoms with Crippen molar-refractivity contribution in [2.45, 2.75) is 0 Å². The molecule has 1 fully saturated rings. The number of hydrogen-bond acceptors (Lipinski definition) is 4. The van der Waals surface area contributed by atoms with E-state index in [1.807, 2.05) is 36.4 Å². The number of carbonyl (C=O) groups excluding carboxylic acids is 1. The molecule has 0 spiro atoms. The van der Waals surface area contributed by atoms with Gasteiger partial charge in [-0.2, -0.15) is 0 Å². The highest BCUT2D eigenvalue weighted by Crippen LogP contribution is 2.19. The maximum absolute atomic E-state index is 12.2. The number of amides is 1. The van der Waals surface area contributed by atoms with E-state index in [9.17, 15) is 4.79 Å². The van der Waals surface area contributed by atoms with Crippen LogP contribution in [0.4, 0.5) is 11.4 Å². The van der Waals surface area contributed by atoms with Crippen molar-refractivity contribution >= 4 is 50.5 Å². The lowest BCUT2D eigenvalue weighted by atomic mass is 10.2. The monoisotopic (exact) mass is 419 g/mol. The summed E-state index contributed by atoms with van der Waals surface area (Å²) in [7, 11) is 0. The Morgan fingerprint density at radius 2 is 1.76 bits per heavy atom. The summed E-state index contributed by atoms with van der Waals surface area (Å²) in [6.45, 7) is 3.30. The first kappa shape index (κ1) is 17.8. The van der Waals surface area contributed by atoms with Crippen molar-refractivity contribution in [2.75, 3.05) is 36.5 Å². The number of thiocarbonyl (C=S) groups is 1. The Bertz CT molecular complexity index is 761. The van der Waals surface area contributed by atoms with E-state index in [1.165, 1.54) is 0 Å². The van der Waals surface area contributed by atoms with E-state index in [2.05, 4.69) is 31.5 Å². The topological polar surface area (TPSA) is 53.6 Å². The largest absolute Gasteiger partial charge is 0.378 e. The average Bonchev–Trinajstić information content (AvgIpc) is 2.63. The molecule has 7 heteroatoms. The molecular weight excluding hydrogens is 402 g/mol. The molecule has 2 aromatic carbocycles. The fraction of sp³-hybridized carbons (Fsp3) is 0.222. The second-order valence-electron chi connectivity index (χ2n) is 5.53. The molecule has 25 heavy (non-hydrogen) atoms. The summed E-state index contributed by atoms with van der Waals surface area (Å²) < 4.78 is 6.09. The molecule has 0 unspecified atom stereocenters. The van der Waals surface area contributed by atoms with E-state index in [0.717, 1.165) is 42.2 Å². The van der Waals surface area contributed by atoms with Gasteiger partial charge in [0, 0.05) is 28.9 Å². The summed E-state index contributed by atoms with van der Waals surface area (Å²) in [4.78, 5) is 14.5. The quantitative estimate of drug-likeness (QED) is 0.746. The van der Waals surface area contributed by atoms with Crippen molar-refractivity contribution in [1.82, 2.24) is 5.32 Å². The highest BCUT2D eigenvalue weighted by Gasteiger charge is 2.12. The maximum atomic E-state index is 12.2. The molecule has 0 bridgehead atoms. The van der Waals surface area contributed by atoms with Crippen LogP contribution in [0.2, 0.25) is 0 Å². The van der Waals surface area contributed by atoms with Crippen molar-refractivity contribution in [2.24, 2.45) is 0 Å². The van der Waals surface area contributed by atoms with Crippen molar-refractivity contribution in [3.8, 4) is 0 Å². The molecule has 0 radical (unpaired) electrons. The molecule has 0 saturated carbocycles. The first-order chi connectivity index (χ1) is 12.1. The standard InChI is InChI=1S/C18H18BrN3O2S/c19-16-4-2-1-3-15(16)17(23)21-18(25)20-13-5-7-14(8-6-13)22-9-11-24-12-10-22/h1-8H,9-12H2,(H2,20,21,23,25). The third kappa shape index (κ3) is 4.78. The Hall–Kier alpha value is -1.96. The minimum atomic E-state index is -0.255. The van der Waals surface area contributed by atoms with Crippen LogP contribution in [0.1, 0.15) is 10.4 Å². The molecule has 0 atom stereocenters. The Kier molecular flexibility index (Phi) is 6.01. The van der Waals surface area contributed by atoms with Crippen LogP contribution in [0.25, 0.3) is 0 Å². The van der Waals surface area contributed by atoms with Crippen LogP contribution >= 0.6 is 28.1 Å². The fourth-order valence-corrected chi connectivity index (χ4v) is 3.23. The molecule has 1 aliphatic rings. The van der Waals surface area contributed by atoms with Crippen molar-refractivity contribution in [3.05, 3.63) is 58.6 Å². The first-order valence-corrected chi connectivity index (χ1v) is 9.13. The number of carbonyl (C=O) groups is 1. The predicted molar refractivity (Wildman–Crippen MR) is 107 cm³/mol. The van der Waals surface area contributed by atoms with Crippen molar-refractivity contribution in [3.63, 3.8) is 0 Å². The molecule has 1 saturated heterocycles. The van der Waals surface area contributed by atoms with Gasteiger partial charge in [0.05, 0.1) is 18.8 Å². The van der Waals surface area contributed by atoms with Crippen LogP contribution in [0.3, 0.4) is 0 Å². The first-order valence-electron chi connectivity index (χ1n) is 7.93. The molecule has 1 amide bonds. The molecule has 5 nitrogen and oxygen atoms in total. The van der Waals surface area contributed by atoms with E-state index >= 15 is 0 Å². The third-order valence-electron chi connectivity index (χ3n) is 3.85. The summed E-state index contributed by atoms with van der Waals surface area (Å²) in [5, 5.41) is 5.98. The number of hydrogen-bond donors (Lipinski definition) is 2. The Balaban J connectivity index is 1.57. The second-order valence-corrected chi connectivity index (χ2v) is 6.80. The number of rotatable bonds is 3. The lowest BCUT2D eigenvalue weighted by molar-refractivity contribution is 0.0977. The van der Waals surface area contributed by atoms with Gasteiger partial charge in [-0.3, -0.25) is 10.1 Å². The number of nitrogens with one attached hydrogen (secondary N) is 2. The molecule has 3 rings (SSSR count). The minimum absolute atomic E-state index is 0.255. The third-order valence-corrected chi connectivity index (χ3v) is 4.74. The predicted octanol–water partition coefficient (Wildman–Crippen LogP) is 3.41. The number of halogens is 1. The van der Waals surface area contributed by atoms with Crippen molar-refractivity contribution in [1.29, 1.82) is 0 Å². The summed E-state index contributed by atoms with van der Waals surface area (Å²) >= 11 is 8.59. The molecule has 1 aliphatic heterocycles. The highest BCUT2D eigenvalue weighted by molar-refractivity contribution is 9.10. The lowest BCUT2D eigenvalue weighted by Crippen LogP contribution is -2.36. The van der Waals surface area contributed by atoms with E-state index < -0.39 is 0 Å². The van der Waals surface area contributed by atoms with E-state index in [-0.39, 0.29) is 11.0 Å². The molecule has 0 aromatic heterocycles. The fourth-order valence-electron chi connectivity index (χ4n) is 2.56. The van der Waals surface area contributed by atoms with E-state index in [1.54, 1.807) is 12.1 Å². The van der Waals surface area contributed by atoms with Gasteiger partial charge in [0.1, 0.15) is 0 Å². The Morgan fingerprint density at radius 3 is 2.44 bits per heavy atom. The smallest absolute Gasteiger partial charge is 0.258 e. The number of benzene rings is 2. The zero-order valence-corrected chi connectivity index (χ0v) is 15.9. The number of ether oxygens (including phenoxy) is 1. The molecule has 2 aromatic rings. The van der Waals surface area contributed by atoms with Crippen LogP contribution in [0, 0.1) is 0 Å². The van der Waals surface area contributed by atoms with Crippen LogP contribution in [0.15, 0.2) is 53.0 Å². The van der Waals surface area contributed by atoms with Crippen molar-refractivity contribution < 1.29 is 9.53 Å². The van der Waals surface area contributed by atoms with Gasteiger partial charge in [-0.15, -0.1) is 0 Å². The summed E-state index contributed by atoms with van der Waals surface area (Å²) in [6, 6.07) is 15.2. The Labute approximate surface area is 160 Å². The summed E-state index contributed by atoms with van der Waals surface area (Å²) in [6.07, 6.45) is 0. The van der Waals surface area contributed by atoms with Gasteiger partial charge in [0.15, 0.2) is 5.11 Å². The van der Waals surface area contributed by atoms with Crippen LogP contribution in [0.5, 0.6) is 0 Å². The van der Waals surface area contributed by atoms with Crippen LogP contribution < -0.4 is 15.5 Å². The van der Waals surface area contributed by atoms with E-state index in [4.69, 9.17) is 17.0 Å². The molecular formula is C18H18BrN3O2S. The molecule has 2 N–H and O–H groups in total. The minimum Gasteiger partial charge on any atom is -0.378 e. The van der Waals surface area contributed by atoms with E-state index in [0.29, 0.717) is 5.56 Å². The summed E-state index contributed by atoms with van der Waals surface area (Å²) in [5.41, 5.74) is 2.51. The summed E-state index contributed by atoms with van der Waals surface area (Å²) in [5.74, 6) is -0.255. The molecule has 0 aliphatic carbocycles. The lowest BCUT2D eigenvalue weighted by Gasteiger charge is -2.28. The maximum Gasteiger partial charge on any atom is 0.258 e. The van der Waals surface area contributed by atoms with Crippen LogP contribution in [-0.4, -0.2) is 37.3 Å². The molecule has 130 valence electrons. The van der Waals surface area contributed by atoms with Crippen LogP contribution in [-0.2, 0) is 4.74 Å². The second kappa shape index (κ2) is 8.42. The number of morpholine rings is 1. The average molecular weight is 420 g/mol. The Morgan fingerprint density at radius 1 is 1.08 bits per heavy atom. The van der Waals surface area contributed by atoms with Gasteiger partial charge in [-0.1, -0.05) is 12.1 Å². The number of anilines is 2.